The minimum absolute atomic E-state index is 0.276. The molecule has 0 aliphatic carbocycles. The van der Waals surface area contributed by atoms with Gasteiger partial charge in [-0.3, -0.25) is 19.3 Å². The first kappa shape index (κ1) is 23.8. The van der Waals surface area contributed by atoms with E-state index >= 15 is 0 Å². The molecule has 1 fully saturated rings. The normalized spacial score (nSPS) is 14.5. The second-order valence-electron chi connectivity index (χ2n) is 7.28. The van der Waals surface area contributed by atoms with Crippen LogP contribution in [0.3, 0.4) is 0 Å². The molecule has 3 aromatic carbocycles. The molecule has 0 saturated carbocycles. The summed E-state index contributed by atoms with van der Waals surface area (Å²) in [7, 11) is 0. The van der Waals surface area contributed by atoms with Gasteiger partial charge in [-0.1, -0.05) is 58.4 Å². The second kappa shape index (κ2) is 11.2. The van der Waals surface area contributed by atoms with Gasteiger partial charge in [-0.05, 0) is 59.8 Å². The molecule has 0 spiro atoms. The molecule has 172 valence electrons. The van der Waals surface area contributed by atoms with Crippen LogP contribution in [0.5, 0.6) is 11.5 Å². The predicted molar refractivity (Wildman–Crippen MR) is 135 cm³/mol. The molecule has 0 radical (unpaired) electrons. The largest absolute Gasteiger partial charge is 0.490 e. The van der Waals surface area contributed by atoms with Crippen LogP contribution in [0.2, 0.25) is 0 Å². The van der Waals surface area contributed by atoms with E-state index < -0.39 is 11.1 Å². The summed E-state index contributed by atoms with van der Waals surface area (Å²) < 4.78 is 12.1. The molecule has 1 aliphatic heterocycles. The standard InChI is InChI=1S/C26H20BrNO5S/c27-20-10-8-19(9-11-20)23(29)17-28-25(30)24(34-26(28)31)16-18-6-12-22(13-7-18)33-15-14-32-21-4-2-1-3-5-21/h1-13,16H,14-15,17H2/b24-16+. The van der Waals surface area contributed by atoms with E-state index in [2.05, 4.69) is 15.9 Å². The van der Waals surface area contributed by atoms with Crippen LogP contribution in [-0.4, -0.2) is 41.6 Å². The first-order valence-corrected chi connectivity index (χ1v) is 12.1. The number of carbonyl (C=O) groups excluding carboxylic acids is 3. The molecule has 6 nitrogen and oxygen atoms in total. The number of carbonyl (C=O) groups is 3. The van der Waals surface area contributed by atoms with Gasteiger partial charge in [0.2, 0.25) is 0 Å². The fraction of sp³-hybridized carbons (Fsp3) is 0.115. The summed E-state index contributed by atoms with van der Waals surface area (Å²) in [4.78, 5) is 38.8. The molecule has 0 N–H and O–H groups in total. The molecule has 1 heterocycles. The van der Waals surface area contributed by atoms with Gasteiger partial charge < -0.3 is 9.47 Å². The number of hydrogen-bond donors (Lipinski definition) is 0. The van der Waals surface area contributed by atoms with Crippen molar-refractivity contribution in [2.24, 2.45) is 0 Å². The van der Waals surface area contributed by atoms with Crippen LogP contribution < -0.4 is 9.47 Å². The summed E-state index contributed by atoms with van der Waals surface area (Å²) in [5, 5.41) is -0.458. The third kappa shape index (κ3) is 6.15. The van der Waals surface area contributed by atoms with Gasteiger partial charge in [0.05, 0.1) is 11.4 Å². The molecular weight excluding hydrogens is 518 g/mol. The van der Waals surface area contributed by atoms with E-state index in [-0.39, 0.29) is 17.2 Å². The summed E-state index contributed by atoms with van der Waals surface area (Å²) >= 11 is 4.14. The maximum absolute atomic E-state index is 12.7. The lowest BCUT2D eigenvalue weighted by molar-refractivity contribution is -0.122. The van der Waals surface area contributed by atoms with Gasteiger partial charge >= 0.3 is 0 Å². The highest BCUT2D eigenvalue weighted by Gasteiger charge is 2.36. The number of Topliss-reactive ketones (excluding diaryl/α,β-unsaturated/α-hetero) is 1. The fourth-order valence-corrected chi connectivity index (χ4v) is 4.26. The van der Waals surface area contributed by atoms with Crippen molar-refractivity contribution in [2.75, 3.05) is 19.8 Å². The Bertz CT molecular complexity index is 1210. The predicted octanol–water partition coefficient (Wildman–Crippen LogP) is 5.83. The van der Waals surface area contributed by atoms with Crippen molar-refractivity contribution < 1.29 is 23.9 Å². The van der Waals surface area contributed by atoms with Crippen LogP contribution in [0.15, 0.2) is 88.2 Å². The average molecular weight is 538 g/mol. The van der Waals surface area contributed by atoms with Crippen molar-refractivity contribution in [3.05, 3.63) is 99.4 Å². The van der Waals surface area contributed by atoms with Crippen molar-refractivity contribution in [3.63, 3.8) is 0 Å². The Morgan fingerprint density at radius 3 is 2.12 bits per heavy atom. The number of thioether (sulfide) groups is 1. The van der Waals surface area contributed by atoms with Gasteiger partial charge in [-0.15, -0.1) is 0 Å². The summed E-state index contributed by atoms with van der Waals surface area (Å²) in [6.45, 7) is 0.513. The minimum atomic E-state index is -0.473. The lowest BCUT2D eigenvalue weighted by Crippen LogP contribution is -2.33. The van der Waals surface area contributed by atoms with Gasteiger partial charge in [-0.25, -0.2) is 0 Å². The zero-order valence-electron chi connectivity index (χ0n) is 18.0. The topological polar surface area (TPSA) is 72.9 Å². The smallest absolute Gasteiger partial charge is 0.293 e. The quantitative estimate of drug-likeness (QED) is 0.194. The molecule has 0 bridgehead atoms. The Labute approximate surface area is 209 Å². The molecular formula is C26H20BrNO5S. The van der Waals surface area contributed by atoms with E-state index in [1.807, 2.05) is 30.3 Å². The number of rotatable bonds is 9. The van der Waals surface area contributed by atoms with Crippen molar-refractivity contribution in [1.82, 2.24) is 4.90 Å². The van der Waals surface area contributed by atoms with Crippen molar-refractivity contribution >= 4 is 50.7 Å². The molecule has 3 aromatic rings. The summed E-state index contributed by atoms with van der Waals surface area (Å²) in [6.07, 6.45) is 1.64. The van der Waals surface area contributed by atoms with Gasteiger partial charge in [-0.2, -0.15) is 0 Å². The molecule has 2 amide bonds. The number of para-hydroxylation sites is 1. The Morgan fingerprint density at radius 1 is 0.853 bits per heavy atom. The number of nitrogens with zero attached hydrogens (tertiary/aromatic N) is 1. The monoisotopic (exact) mass is 537 g/mol. The SMILES string of the molecule is O=C(CN1C(=O)S/C(=C/c2ccc(OCCOc3ccccc3)cc2)C1=O)c1ccc(Br)cc1. The molecule has 0 atom stereocenters. The molecule has 0 aromatic heterocycles. The maximum Gasteiger partial charge on any atom is 0.293 e. The average Bonchev–Trinajstić information content (AvgIpc) is 3.11. The van der Waals surface area contributed by atoms with Crippen LogP contribution in [0.25, 0.3) is 6.08 Å². The van der Waals surface area contributed by atoms with Crippen LogP contribution in [0.1, 0.15) is 15.9 Å². The highest BCUT2D eigenvalue weighted by Crippen LogP contribution is 2.32. The second-order valence-corrected chi connectivity index (χ2v) is 9.19. The van der Waals surface area contributed by atoms with Crippen molar-refractivity contribution in [1.29, 1.82) is 0 Å². The first-order chi connectivity index (χ1) is 16.5. The van der Waals surface area contributed by atoms with Crippen molar-refractivity contribution in [3.8, 4) is 11.5 Å². The molecule has 4 rings (SSSR count). The Morgan fingerprint density at radius 2 is 1.47 bits per heavy atom. The number of amides is 2. The van der Waals surface area contributed by atoms with Crippen LogP contribution in [0.4, 0.5) is 4.79 Å². The number of imide groups is 1. The molecule has 0 unspecified atom stereocenters. The summed E-state index contributed by atoms with van der Waals surface area (Å²) in [5.41, 5.74) is 1.19. The number of benzene rings is 3. The lowest BCUT2D eigenvalue weighted by atomic mass is 10.1. The summed E-state index contributed by atoms with van der Waals surface area (Å²) in [5.74, 6) is 0.684. The van der Waals surface area contributed by atoms with Gasteiger partial charge in [0.15, 0.2) is 5.78 Å². The molecule has 1 aliphatic rings. The zero-order chi connectivity index (χ0) is 23.9. The van der Waals surface area contributed by atoms with E-state index in [1.165, 1.54) is 0 Å². The van der Waals surface area contributed by atoms with Gasteiger partial charge in [0, 0.05) is 10.0 Å². The van der Waals surface area contributed by atoms with Crippen LogP contribution in [0, 0.1) is 0 Å². The molecule has 1 saturated heterocycles. The highest BCUT2D eigenvalue weighted by atomic mass is 79.9. The Hall–Kier alpha value is -3.36. The molecule has 34 heavy (non-hydrogen) atoms. The number of ketones is 1. The van der Waals surface area contributed by atoms with Crippen LogP contribution >= 0.6 is 27.7 Å². The fourth-order valence-electron chi connectivity index (χ4n) is 3.15. The van der Waals surface area contributed by atoms with E-state index in [4.69, 9.17) is 9.47 Å². The van der Waals surface area contributed by atoms with E-state index in [9.17, 15) is 14.4 Å². The highest BCUT2D eigenvalue weighted by molar-refractivity contribution is 9.10. The van der Waals surface area contributed by atoms with E-state index in [0.717, 1.165) is 32.4 Å². The van der Waals surface area contributed by atoms with E-state index in [0.29, 0.717) is 24.5 Å². The first-order valence-electron chi connectivity index (χ1n) is 10.4. The summed E-state index contributed by atoms with van der Waals surface area (Å²) in [6, 6.07) is 23.5. The lowest BCUT2D eigenvalue weighted by Gasteiger charge is -2.11. The number of hydrogen-bond acceptors (Lipinski definition) is 6. The third-order valence-corrected chi connectivity index (χ3v) is 6.32. The van der Waals surface area contributed by atoms with Crippen LogP contribution in [-0.2, 0) is 4.79 Å². The maximum atomic E-state index is 12.7. The minimum Gasteiger partial charge on any atom is -0.490 e. The van der Waals surface area contributed by atoms with Gasteiger partial charge in [0.1, 0.15) is 24.7 Å². The number of halogens is 1. The van der Waals surface area contributed by atoms with E-state index in [1.54, 1.807) is 54.6 Å². The zero-order valence-corrected chi connectivity index (χ0v) is 20.4. The third-order valence-electron chi connectivity index (χ3n) is 4.88. The number of ether oxygens (including phenoxy) is 2. The Balaban J connectivity index is 1.31. The molecule has 8 heteroatoms. The Kier molecular flexibility index (Phi) is 7.82. The van der Waals surface area contributed by atoms with Gasteiger partial charge in [0.25, 0.3) is 11.1 Å². The van der Waals surface area contributed by atoms with Crippen molar-refractivity contribution in [2.45, 2.75) is 0 Å².